The van der Waals surface area contributed by atoms with Crippen LogP contribution in [0.1, 0.15) is 35.2 Å². The summed E-state index contributed by atoms with van der Waals surface area (Å²) in [6, 6.07) is 9.56. The highest BCUT2D eigenvalue weighted by Crippen LogP contribution is 2.31. The van der Waals surface area contributed by atoms with Gasteiger partial charge in [-0.15, -0.1) is 0 Å². The van der Waals surface area contributed by atoms with Crippen LogP contribution in [0.5, 0.6) is 5.75 Å². The van der Waals surface area contributed by atoms with Crippen molar-refractivity contribution in [1.29, 1.82) is 0 Å². The summed E-state index contributed by atoms with van der Waals surface area (Å²) in [4.78, 5) is 26.5. The molecule has 0 bridgehead atoms. The number of amides is 3. The van der Waals surface area contributed by atoms with Crippen LogP contribution in [0.25, 0.3) is 0 Å². The molecular formula is C23H28N4O5S. The van der Waals surface area contributed by atoms with E-state index in [1.54, 1.807) is 35.2 Å². The van der Waals surface area contributed by atoms with Gasteiger partial charge in [-0.25, -0.2) is 13.2 Å². The highest BCUT2D eigenvalue weighted by atomic mass is 32.2. The molecule has 2 heterocycles. The molecule has 9 nitrogen and oxygen atoms in total. The lowest BCUT2D eigenvalue weighted by Gasteiger charge is -2.26. The number of hydrogen-bond acceptors (Lipinski definition) is 5. The Kier molecular flexibility index (Phi) is 6.57. The van der Waals surface area contributed by atoms with Crippen LogP contribution in [0.15, 0.2) is 41.3 Å². The zero-order chi connectivity index (χ0) is 23.6. The number of carbonyl (C=O) groups is 2. The van der Waals surface area contributed by atoms with E-state index < -0.39 is 10.0 Å². The van der Waals surface area contributed by atoms with Crippen molar-refractivity contribution in [3.05, 3.63) is 47.5 Å². The molecule has 2 aliphatic heterocycles. The molecule has 0 aliphatic carbocycles. The van der Waals surface area contributed by atoms with Gasteiger partial charge in [-0.3, -0.25) is 9.69 Å². The highest BCUT2D eigenvalue weighted by Gasteiger charge is 2.29. The van der Waals surface area contributed by atoms with Crippen molar-refractivity contribution < 1.29 is 22.7 Å². The number of nitrogens with zero attached hydrogens (tertiary/aromatic N) is 2. The zero-order valence-corrected chi connectivity index (χ0v) is 19.6. The van der Waals surface area contributed by atoms with Crippen LogP contribution in [-0.4, -0.2) is 58.0 Å². The summed E-state index contributed by atoms with van der Waals surface area (Å²) in [6.07, 6.45) is 2.67. The van der Waals surface area contributed by atoms with Gasteiger partial charge < -0.3 is 15.4 Å². The van der Waals surface area contributed by atoms with Crippen molar-refractivity contribution in [1.82, 2.24) is 9.62 Å². The minimum absolute atomic E-state index is 0.0382. The Hall–Kier alpha value is -3.11. The molecule has 0 saturated carbocycles. The number of aryl methyl sites for hydroxylation is 1. The number of carbonyl (C=O) groups excluding carboxylic acids is 2. The number of nitrogens with one attached hydrogen (secondary N) is 2. The number of piperidine rings is 1. The predicted octanol–water partition coefficient (Wildman–Crippen LogP) is 2.96. The highest BCUT2D eigenvalue weighted by molar-refractivity contribution is 7.89. The van der Waals surface area contributed by atoms with E-state index in [0.717, 1.165) is 30.5 Å². The van der Waals surface area contributed by atoms with Crippen molar-refractivity contribution in [2.75, 3.05) is 43.5 Å². The molecule has 0 unspecified atom stereocenters. The fourth-order valence-electron chi connectivity index (χ4n) is 4.20. The maximum atomic E-state index is 13.2. The monoisotopic (exact) mass is 472 g/mol. The average Bonchev–Trinajstić information content (AvgIpc) is 3.25. The summed E-state index contributed by atoms with van der Waals surface area (Å²) in [5.74, 6) is -0.135. The lowest BCUT2D eigenvalue weighted by Crippen LogP contribution is -2.35. The molecule has 0 aromatic heterocycles. The van der Waals surface area contributed by atoms with Gasteiger partial charge in [-0.05, 0) is 61.7 Å². The fraction of sp³-hybridized carbons (Fsp3) is 0.391. The number of methoxy groups -OCH3 is 1. The first-order valence-electron chi connectivity index (χ1n) is 11.0. The van der Waals surface area contributed by atoms with E-state index >= 15 is 0 Å². The van der Waals surface area contributed by atoms with Gasteiger partial charge in [0.1, 0.15) is 10.6 Å². The molecule has 176 valence electrons. The van der Waals surface area contributed by atoms with Gasteiger partial charge in [0, 0.05) is 43.1 Å². The third-order valence-corrected chi connectivity index (χ3v) is 7.88. The van der Waals surface area contributed by atoms with E-state index in [0.29, 0.717) is 37.4 Å². The summed E-state index contributed by atoms with van der Waals surface area (Å²) in [6.45, 7) is 3.95. The minimum Gasteiger partial charge on any atom is -0.495 e. The molecule has 2 N–H and O–H groups in total. The molecule has 0 radical (unpaired) electrons. The van der Waals surface area contributed by atoms with E-state index in [2.05, 4.69) is 10.6 Å². The van der Waals surface area contributed by atoms with E-state index in [4.69, 9.17) is 4.74 Å². The molecule has 2 aliphatic rings. The molecule has 0 atom stereocenters. The standard InChI is InChI=1S/C23H28N4O5S/c1-16-14-17(6-8-19(16)27-13-10-24-23(27)29)22(28)25-18-7-9-20(32-2)21(15-18)33(30,31)26-11-4-3-5-12-26/h6-9,14-15H,3-5,10-13H2,1-2H3,(H,24,29)(H,25,28). The Balaban J connectivity index is 1.56. The van der Waals surface area contributed by atoms with Gasteiger partial charge >= 0.3 is 6.03 Å². The minimum atomic E-state index is -3.74. The van der Waals surface area contributed by atoms with Crippen LogP contribution < -0.4 is 20.3 Å². The van der Waals surface area contributed by atoms with Crippen molar-refractivity contribution in [2.45, 2.75) is 31.1 Å². The first-order chi connectivity index (χ1) is 15.8. The van der Waals surface area contributed by atoms with Crippen molar-refractivity contribution in [3.63, 3.8) is 0 Å². The van der Waals surface area contributed by atoms with Gasteiger partial charge in [0.15, 0.2) is 0 Å². The van der Waals surface area contributed by atoms with Crippen molar-refractivity contribution in [3.8, 4) is 5.75 Å². The SMILES string of the molecule is COc1ccc(NC(=O)c2ccc(N3CCNC3=O)c(C)c2)cc1S(=O)(=O)N1CCCCC1. The molecule has 2 aromatic carbocycles. The van der Waals surface area contributed by atoms with Gasteiger partial charge in [0.2, 0.25) is 10.0 Å². The average molecular weight is 473 g/mol. The van der Waals surface area contributed by atoms with Gasteiger partial charge in [-0.2, -0.15) is 4.31 Å². The van der Waals surface area contributed by atoms with Crippen LogP contribution >= 0.6 is 0 Å². The van der Waals surface area contributed by atoms with Crippen LogP contribution in [0.4, 0.5) is 16.2 Å². The third-order valence-electron chi connectivity index (χ3n) is 5.96. The quantitative estimate of drug-likeness (QED) is 0.672. The fourth-order valence-corrected chi connectivity index (χ4v) is 5.90. The number of anilines is 2. The first-order valence-corrected chi connectivity index (χ1v) is 12.4. The normalized spacial score (nSPS) is 17.0. The maximum Gasteiger partial charge on any atom is 0.322 e. The largest absolute Gasteiger partial charge is 0.495 e. The Morgan fingerprint density at radius 1 is 1.06 bits per heavy atom. The number of urea groups is 1. The second-order valence-corrected chi connectivity index (χ2v) is 10.1. The number of sulfonamides is 1. The zero-order valence-electron chi connectivity index (χ0n) is 18.8. The van der Waals surface area contributed by atoms with Crippen molar-refractivity contribution >= 4 is 33.3 Å². The van der Waals surface area contributed by atoms with Crippen molar-refractivity contribution in [2.24, 2.45) is 0 Å². The summed E-state index contributed by atoms with van der Waals surface area (Å²) in [7, 11) is -2.32. The second-order valence-electron chi connectivity index (χ2n) is 8.17. The van der Waals surface area contributed by atoms with E-state index in [1.165, 1.54) is 17.5 Å². The third kappa shape index (κ3) is 4.67. The number of benzene rings is 2. The molecule has 4 rings (SSSR count). The molecule has 0 spiro atoms. The Labute approximate surface area is 193 Å². The molecule has 2 saturated heterocycles. The smallest absolute Gasteiger partial charge is 0.322 e. The van der Waals surface area contributed by atoms with Gasteiger partial charge in [-0.1, -0.05) is 6.42 Å². The summed E-state index contributed by atoms with van der Waals surface area (Å²) in [5.41, 5.74) is 2.31. The number of hydrogen-bond donors (Lipinski definition) is 2. The predicted molar refractivity (Wildman–Crippen MR) is 125 cm³/mol. The topological polar surface area (TPSA) is 108 Å². The van der Waals surface area contributed by atoms with Gasteiger partial charge in [0.25, 0.3) is 5.91 Å². The summed E-state index contributed by atoms with van der Waals surface area (Å²) in [5, 5.41) is 5.54. The van der Waals surface area contributed by atoms with E-state index in [9.17, 15) is 18.0 Å². The molecular weight excluding hydrogens is 444 g/mol. The van der Waals surface area contributed by atoms with Gasteiger partial charge in [0.05, 0.1) is 7.11 Å². The van der Waals surface area contributed by atoms with E-state index in [-0.39, 0.29) is 22.6 Å². The Morgan fingerprint density at radius 2 is 1.82 bits per heavy atom. The lowest BCUT2D eigenvalue weighted by atomic mass is 10.1. The Bertz CT molecular complexity index is 1180. The first kappa shape index (κ1) is 23.1. The van der Waals surface area contributed by atoms with Crippen LogP contribution in [-0.2, 0) is 10.0 Å². The molecule has 2 aromatic rings. The molecule has 33 heavy (non-hydrogen) atoms. The van der Waals surface area contributed by atoms with Crippen LogP contribution in [0.2, 0.25) is 0 Å². The maximum absolute atomic E-state index is 13.2. The molecule has 2 fully saturated rings. The Morgan fingerprint density at radius 3 is 2.45 bits per heavy atom. The summed E-state index contributed by atoms with van der Waals surface area (Å²) < 4.78 is 33.2. The molecule has 3 amide bonds. The second kappa shape index (κ2) is 9.40. The lowest BCUT2D eigenvalue weighted by molar-refractivity contribution is 0.102. The van der Waals surface area contributed by atoms with E-state index in [1.807, 2.05) is 6.92 Å². The van der Waals surface area contributed by atoms with Crippen LogP contribution in [0.3, 0.4) is 0 Å². The summed E-state index contributed by atoms with van der Waals surface area (Å²) >= 11 is 0. The number of rotatable bonds is 6. The van der Waals surface area contributed by atoms with Crippen LogP contribution in [0, 0.1) is 6.92 Å². The number of ether oxygens (including phenoxy) is 1. The molecule has 10 heteroatoms.